The van der Waals surface area contributed by atoms with Crippen LogP contribution in [0.1, 0.15) is 11.9 Å². The third-order valence-electron chi connectivity index (χ3n) is 4.94. The van der Waals surface area contributed by atoms with Crippen LogP contribution in [0.4, 0.5) is 5.69 Å². The molecule has 2 N–H and O–H groups in total. The first-order valence-corrected chi connectivity index (χ1v) is 11.9. The van der Waals surface area contributed by atoms with Crippen molar-refractivity contribution in [2.75, 3.05) is 24.7 Å². The van der Waals surface area contributed by atoms with E-state index in [2.05, 4.69) is 25.9 Å². The molecule has 0 saturated carbocycles. The van der Waals surface area contributed by atoms with Crippen molar-refractivity contribution in [3.05, 3.63) is 89.7 Å². The monoisotopic (exact) mass is 494 g/mol. The molecule has 8 nitrogen and oxygen atoms in total. The van der Waals surface area contributed by atoms with Crippen molar-refractivity contribution in [3.8, 4) is 11.5 Å². The predicted octanol–water partition coefficient (Wildman–Crippen LogP) is 5.05. The van der Waals surface area contributed by atoms with Gasteiger partial charge < -0.3 is 10.1 Å². The lowest BCUT2D eigenvalue weighted by molar-refractivity contribution is -0.117. The van der Waals surface area contributed by atoms with E-state index in [4.69, 9.17) is 16.3 Å². The zero-order valence-electron chi connectivity index (χ0n) is 18.4. The molecule has 0 aliphatic carbocycles. The number of nitrogens with zero attached hydrogens (tertiary/aromatic N) is 4. The smallest absolute Gasteiger partial charge is 0.238 e. The van der Waals surface area contributed by atoms with Crippen molar-refractivity contribution in [1.82, 2.24) is 25.5 Å². The highest BCUT2D eigenvalue weighted by molar-refractivity contribution is 7.99. The lowest BCUT2D eigenvalue weighted by atomic mass is 10.2. The molecule has 174 valence electrons. The first kappa shape index (κ1) is 23.7. The van der Waals surface area contributed by atoms with Gasteiger partial charge in [0.05, 0.1) is 17.6 Å². The molecule has 10 heteroatoms. The Balaban J connectivity index is 1.35. The number of anilines is 1. The first-order valence-electron chi connectivity index (χ1n) is 10.5. The second-order valence-corrected chi connectivity index (χ2v) is 8.90. The Morgan fingerprint density at radius 2 is 1.76 bits per heavy atom. The number of aromatic amines is 1. The van der Waals surface area contributed by atoms with Crippen molar-refractivity contribution in [2.24, 2.45) is 0 Å². The Morgan fingerprint density at radius 1 is 1.06 bits per heavy atom. The fourth-order valence-corrected chi connectivity index (χ4v) is 4.63. The number of hydrogen-bond donors (Lipinski definition) is 2. The van der Waals surface area contributed by atoms with Gasteiger partial charge in [-0.2, -0.15) is 5.21 Å². The summed E-state index contributed by atoms with van der Waals surface area (Å²) in [7, 11) is 1.85. The van der Waals surface area contributed by atoms with Crippen molar-refractivity contribution in [3.63, 3.8) is 0 Å². The number of para-hydroxylation sites is 1. The minimum Gasteiger partial charge on any atom is -0.457 e. The minimum atomic E-state index is -0.243. The maximum Gasteiger partial charge on any atom is 0.238 e. The number of amides is 1. The first-order chi connectivity index (χ1) is 16.6. The highest BCUT2D eigenvalue weighted by Crippen LogP contribution is 2.31. The fraction of sp³-hybridized carbons (Fsp3) is 0.167. The second-order valence-electron chi connectivity index (χ2n) is 7.43. The number of benzene rings is 3. The number of aromatic nitrogens is 4. The Morgan fingerprint density at radius 3 is 2.47 bits per heavy atom. The number of likely N-dealkylation sites (N-methyl/N-ethyl adjacent to an activating group) is 1. The summed E-state index contributed by atoms with van der Waals surface area (Å²) < 4.78 is 5.79. The highest BCUT2D eigenvalue weighted by atomic mass is 35.5. The Hall–Kier alpha value is -3.40. The van der Waals surface area contributed by atoms with Gasteiger partial charge >= 0.3 is 0 Å². The number of carbonyl (C=O) groups is 1. The summed E-state index contributed by atoms with van der Waals surface area (Å²) in [5.41, 5.74) is 0.681. The Kier molecular flexibility index (Phi) is 8.13. The molecule has 1 unspecified atom stereocenters. The zero-order chi connectivity index (χ0) is 23.8. The van der Waals surface area contributed by atoms with Crippen molar-refractivity contribution >= 4 is 35.0 Å². The summed E-state index contributed by atoms with van der Waals surface area (Å²) in [6.45, 7) is 0.143. The molecule has 1 amide bonds. The summed E-state index contributed by atoms with van der Waals surface area (Å²) in [6, 6.07) is 24.1. The molecule has 0 aliphatic heterocycles. The van der Waals surface area contributed by atoms with Gasteiger partial charge in [-0.25, -0.2) is 0 Å². The van der Waals surface area contributed by atoms with Gasteiger partial charge in [-0.1, -0.05) is 47.1 Å². The molecular weight excluding hydrogens is 472 g/mol. The molecule has 0 fully saturated rings. The van der Waals surface area contributed by atoms with Crippen LogP contribution >= 0.6 is 23.4 Å². The van der Waals surface area contributed by atoms with Gasteiger partial charge in [-0.3, -0.25) is 9.69 Å². The quantitative estimate of drug-likeness (QED) is 0.298. The molecule has 1 aromatic heterocycles. The Bertz CT molecular complexity index is 1190. The number of thioether (sulfide) groups is 1. The van der Waals surface area contributed by atoms with Crippen LogP contribution in [0.25, 0.3) is 0 Å². The van der Waals surface area contributed by atoms with Gasteiger partial charge in [0.15, 0.2) is 5.82 Å². The second kappa shape index (κ2) is 11.6. The molecule has 0 spiro atoms. The average molecular weight is 495 g/mol. The zero-order valence-corrected chi connectivity index (χ0v) is 20.0. The van der Waals surface area contributed by atoms with Crippen LogP contribution in [0.15, 0.2) is 83.8 Å². The van der Waals surface area contributed by atoms with Crippen molar-refractivity contribution in [2.45, 2.75) is 10.9 Å². The molecule has 0 radical (unpaired) electrons. The minimum absolute atomic E-state index is 0.143. The van der Waals surface area contributed by atoms with E-state index in [1.165, 1.54) is 0 Å². The third-order valence-corrected chi connectivity index (χ3v) is 6.53. The molecule has 4 aromatic rings. The topological polar surface area (TPSA) is 96.0 Å². The predicted molar refractivity (Wildman–Crippen MR) is 133 cm³/mol. The van der Waals surface area contributed by atoms with Crippen LogP contribution in [-0.4, -0.2) is 50.8 Å². The summed E-state index contributed by atoms with van der Waals surface area (Å²) in [5.74, 6) is 2.39. The summed E-state index contributed by atoms with van der Waals surface area (Å²) in [5, 5.41) is 18.0. The third kappa shape index (κ3) is 6.57. The van der Waals surface area contributed by atoms with Gasteiger partial charge in [-0.05, 0) is 55.6 Å². The molecule has 1 atom stereocenters. The van der Waals surface area contributed by atoms with Crippen LogP contribution in [0, 0.1) is 0 Å². The molecular formula is C24H23ClN6O2S. The Labute approximate surface area is 206 Å². The van der Waals surface area contributed by atoms with Gasteiger partial charge in [0, 0.05) is 16.3 Å². The maximum atomic E-state index is 12.7. The fourth-order valence-electron chi connectivity index (χ4n) is 3.21. The number of carbonyl (C=O) groups excluding carboxylic acids is 1. The van der Waals surface area contributed by atoms with Crippen LogP contribution in [-0.2, 0) is 4.79 Å². The lowest BCUT2D eigenvalue weighted by Crippen LogP contribution is -2.35. The number of ether oxygens (including phenoxy) is 1. The van der Waals surface area contributed by atoms with Gasteiger partial charge in [0.25, 0.3) is 0 Å². The van der Waals surface area contributed by atoms with E-state index in [-0.39, 0.29) is 18.5 Å². The van der Waals surface area contributed by atoms with Crippen LogP contribution < -0.4 is 10.1 Å². The lowest BCUT2D eigenvalue weighted by Gasteiger charge is -2.24. The van der Waals surface area contributed by atoms with Gasteiger partial charge in [0.2, 0.25) is 5.91 Å². The van der Waals surface area contributed by atoms with E-state index in [0.717, 1.165) is 10.6 Å². The maximum absolute atomic E-state index is 12.7. The highest BCUT2D eigenvalue weighted by Gasteiger charge is 2.24. The molecule has 0 saturated heterocycles. The molecule has 3 aromatic carbocycles. The molecule has 4 rings (SSSR count). The normalized spacial score (nSPS) is 11.9. The van der Waals surface area contributed by atoms with E-state index in [1.54, 1.807) is 23.9 Å². The number of halogens is 1. The van der Waals surface area contributed by atoms with Gasteiger partial charge in [-0.15, -0.1) is 22.0 Å². The standard InChI is InChI=1S/C24H23ClN6O2S/c1-31(21(24-27-29-30-28-24)16-34-22-10-6-5-9-20(22)25)15-23(32)26-17-11-13-19(14-12-17)33-18-7-3-2-4-8-18/h2-14,21H,15-16H2,1H3,(H,26,32)(H,27,28,29,30). The van der Waals surface area contributed by atoms with Crippen LogP contribution in [0.5, 0.6) is 11.5 Å². The van der Waals surface area contributed by atoms with Crippen LogP contribution in [0.2, 0.25) is 5.02 Å². The number of hydrogen-bond acceptors (Lipinski definition) is 7. The summed E-state index contributed by atoms with van der Waals surface area (Å²) in [4.78, 5) is 15.6. The SMILES string of the molecule is CN(CC(=O)Nc1ccc(Oc2ccccc2)cc1)C(CSc1ccccc1Cl)c1nn[nH]n1. The van der Waals surface area contributed by atoms with E-state index in [1.807, 2.05) is 78.7 Å². The van der Waals surface area contributed by atoms with Crippen LogP contribution in [0.3, 0.4) is 0 Å². The summed E-state index contributed by atoms with van der Waals surface area (Å²) >= 11 is 7.86. The molecule has 0 bridgehead atoms. The van der Waals surface area contributed by atoms with E-state index >= 15 is 0 Å². The van der Waals surface area contributed by atoms with E-state index in [9.17, 15) is 4.79 Å². The summed E-state index contributed by atoms with van der Waals surface area (Å²) in [6.07, 6.45) is 0. The number of H-pyrrole nitrogens is 1. The number of rotatable bonds is 10. The molecule has 34 heavy (non-hydrogen) atoms. The molecule has 1 heterocycles. The largest absolute Gasteiger partial charge is 0.457 e. The van der Waals surface area contributed by atoms with Crippen molar-refractivity contribution in [1.29, 1.82) is 0 Å². The average Bonchev–Trinajstić information content (AvgIpc) is 3.37. The number of nitrogens with one attached hydrogen (secondary N) is 2. The van der Waals surface area contributed by atoms with Crippen molar-refractivity contribution < 1.29 is 9.53 Å². The van der Waals surface area contributed by atoms with E-state index in [0.29, 0.717) is 28.0 Å². The number of tetrazole rings is 1. The molecule has 0 aliphatic rings. The van der Waals surface area contributed by atoms with Gasteiger partial charge in [0.1, 0.15) is 11.5 Å². The van der Waals surface area contributed by atoms with E-state index < -0.39 is 0 Å².